The Bertz CT molecular complexity index is 832. The maximum Gasteiger partial charge on any atom is 0.262 e. The molecule has 3 amide bonds. The first-order valence-electron chi connectivity index (χ1n) is 9.43. The van der Waals surface area contributed by atoms with Crippen molar-refractivity contribution < 1.29 is 14.4 Å². The van der Waals surface area contributed by atoms with Crippen molar-refractivity contribution in [3.63, 3.8) is 0 Å². The lowest BCUT2D eigenvalue weighted by Gasteiger charge is -2.28. The minimum Gasteiger partial charge on any atom is -0.354 e. The number of amides is 3. The zero-order valence-corrected chi connectivity index (χ0v) is 16.9. The first-order valence-corrected chi connectivity index (χ1v) is 10.4. The first-order chi connectivity index (χ1) is 13.5. The fraction of sp³-hybridized carbons (Fsp3) is 0.318. The Labute approximate surface area is 169 Å². The molecule has 28 heavy (non-hydrogen) atoms. The van der Waals surface area contributed by atoms with Gasteiger partial charge in [0.1, 0.15) is 6.04 Å². The van der Waals surface area contributed by atoms with Gasteiger partial charge in [0.25, 0.3) is 11.8 Å². The zero-order valence-electron chi connectivity index (χ0n) is 16.1. The van der Waals surface area contributed by atoms with Crippen molar-refractivity contribution in [2.45, 2.75) is 31.2 Å². The zero-order chi connectivity index (χ0) is 20.1. The Morgan fingerprint density at radius 3 is 2.11 bits per heavy atom. The minimum absolute atomic E-state index is 0.180. The number of imide groups is 1. The Kier molecular flexibility index (Phi) is 6.52. The topological polar surface area (TPSA) is 66.5 Å². The molecule has 146 valence electrons. The highest BCUT2D eigenvalue weighted by atomic mass is 32.2. The van der Waals surface area contributed by atoms with Gasteiger partial charge in [0.15, 0.2) is 0 Å². The number of carbonyl (C=O) groups excluding carboxylic acids is 3. The number of carbonyl (C=O) groups is 3. The van der Waals surface area contributed by atoms with Crippen LogP contribution in [0.2, 0.25) is 0 Å². The van der Waals surface area contributed by atoms with Gasteiger partial charge in [0, 0.05) is 11.4 Å². The summed E-state index contributed by atoms with van der Waals surface area (Å²) in [4.78, 5) is 40.5. The van der Waals surface area contributed by atoms with Crippen LogP contribution in [0, 0.1) is 5.92 Å². The van der Waals surface area contributed by atoms with E-state index in [1.165, 1.54) is 4.90 Å². The fourth-order valence-electron chi connectivity index (χ4n) is 3.27. The van der Waals surface area contributed by atoms with Gasteiger partial charge in [-0.15, -0.1) is 11.8 Å². The van der Waals surface area contributed by atoms with Crippen LogP contribution in [0.1, 0.15) is 41.0 Å². The molecular weight excluding hydrogens is 372 g/mol. The molecule has 0 bridgehead atoms. The van der Waals surface area contributed by atoms with Gasteiger partial charge in [-0.25, -0.2) is 0 Å². The van der Waals surface area contributed by atoms with Gasteiger partial charge in [-0.2, -0.15) is 0 Å². The Hall–Kier alpha value is -2.60. The van der Waals surface area contributed by atoms with E-state index in [1.807, 2.05) is 32.0 Å². The van der Waals surface area contributed by atoms with Crippen LogP contribution in [-0.4, -0.2) is 41.0 Å². The summed E-state index contributed by atoms with van der Waals surface area (Å²) in [5.74, 6) is -0.373. The summed E-state index contributed by atoms with van der Waals surface area (Å²) >= 11 is 1.73. The third-order valence-electron chi connectivity index (χ3n) is 4.64. The molecule has 0 fully saturated rings. The lowest BCUT2D eigenvalue weighted by atomic mass is 10.0. The van der Waals surface area contributed by atoms with E-state index in [0.717, 1.165) is 17.1 Å². The van der Waals surface area contributed by atoms with Crippen molar-refractivity contribution in [2.75, 3.05) is 12.3 Å². The molecule has 0 aliphatic carbocycles. The molecule has 3 rings (SSSR count). The van der Waals surface area contributed by atoms with Gasteiger partial charge in [-0.05, 0) is 42.4 Å². The van der Waals surface area contributed by atoms with Crippen LogP contribution in [0.3, 0.4) is 0 Å². The van der Waals surface area contributed by atoms with Crippen molar-refractivity contribution in [2.24, 2.45) is 5.92 Å². The standard InChI is InChI=1S/C22H24N2O3S/c1-15(2)19(24-21(26)17-11-6-7-12-18(17)22(24)27)20(25)23-13-8-14-28-16-9-4-3-5-10-16/h3-7,9-12,15,19H,8,13-14H2,1-2H3,(H,23,25). The van der Waals surface area contributed by atoms with Crippen LogP contribution < -0.4 is 5.32 Å². The minimum atomic E-state index is -0.811. The Morgan fingerprint density at radius 2 is 1.54 bits per heavy atom. The van der Waals surface area contributed by atoms with Gasteiger partial charge in [-0.1, -0.05) is 44.2 Å². The molecule has 1 N–H and O–H groups in total. The molecule has 1 aliphatic rings. The van der Waals surface area contributed by atoms with Crippen LogP contribution >= 0.6 is 11.8 Å². The van der Waals surface area contributed by atoms with Gasteiger partial charge in [-0.3, -0.25) is 19.3 Å². The number of rotatable bonds is 8. The molecule has 5 nitrogen and oxygen atoms in total. The van der Waals surface area contributed by atoms with Crippen LogP contribution in [0.25, 0.3) is 0 Å². The molecule has 1 heterocycles. The average Bonchev–Trinajstić information content (AvgIpc) is 2.94. The van der Waals surface area contributed by atoms with Gasteiger partial charge in [0.05, 0.1) is 11.1 Å². The maximum atomic E-state index is 12.8. The molecule has 1 unspecified atom stereocenters. The largest absolute Gasteiger partial charge is 0.354 e. The van der Waals surface area contributed by atoms with Crippen molar-refractivity contribution in [3.8, 4) is 0 Å². The summed E-state index contributed by atoms with van der Waals surface area (Å²) in [6.45, 7) is 4.20. The van der Waals surface area contributed by atoms with E-state index in [-0.39, 0.29) is 11.8 Å². The molecule has 6 heteroatoms. The molecular formula is C22H24N2O3S. The highest BCUT2D eigenvalue weighted by molar-refractivity contribution is 7.99. The van der Waals surface area contributed by atoms with E-state index >= 15 is 0 Å². The maximum absolute atomic E-state index is 12.8. The number of hydrogen-bond donors (Lipinski definition) is 1. The van der Waals surface area contributed by atoms with Gasteiger partial charge >= 0.3 is 0 Å². The molecule has 1 aliphatic heterocycles. The Morgan fingerprint density at radius 1 is 0.964 bits per heavy atom. The lowest BCUT2D eigenvalue weighted by molar-refractivity contribution is -0.126. The highest BCUT2D eigenvalue weighted by Gasteiger charge is 2.43. The second kappa shape index (κ2) is 9.06. The third-order valence-corrected chi connectivity index (χ3v) is 5.73. The van der Waals surface area contributed by atoms with E-state index in [2.05, 4.69) is 17.4 Å². The fourth-order valence-corrected chi connectivity index (χ4v) is 4.15. The molecule has 1 atom stereocenters. The van der Waals surface area contributed by atoms with Crippen molar-refractivity contribution in [1.29, 1.82) is 0 Å². The molecule has 2 aromatic carbocycles. The lowest BCUT2D eigenvalue weighted by Crippen LogP contribution is -2.52. The predicted molar refractivity (Wildman–Crippen MR) is 110 cm³/mol. The van der Waals surface area contributed by atoms with E-state index in [0.29, 0.717) is 17.7 Å². The molecule has 2 aromatic rings. The van der Waals surface area contributed by atoms with Crippen LogP contribution in [-0.2, 0) is 4.79 Å². The quantitative estimate of drug-likeness (QED) is 0.421. The first kappa shape index (κ1) is 20.1. The van der Waals surface area contributed by atoms with Crippen molar-refractivity contribution in [1.82, 2.24) is 10.2 Å². The van der Waals surface area contributed by atoms with E-state index in [9.17, 15) is 14.4 Å². The smallest absolute Gasteiger partial charge is 0.262 e. The SMILES string of the molecule is CC(C)C(C(=O)NCCCSc1ccccc1)N1C(=O)c2ccccc2C1=O. The molecule has 0 radical (unpaired) electrons. The summed E-state index contributed by atoms with van der Waals surface area (Å²) in [6.07, 6.45) is 0.804. The second-order valence-electron chi connectivity index (χ2n) is 7.02. The normalized spacial score (nSPS) is 14.3. The number of fused-ring (bicyclic) bond motifs is 1. The average molecular weight is 397 g/mol. The van der Waals surface area contributed by atoms with Crippen LogP contribution in [0.15, 0.2) is 59.5 Å². The third kappa shape index (κ3) is 4.28. The summed E-state index contributed by atoms with van der Waals surface area (Å²) in [5.41, 5.74) is 0.732. The summed E-state index contributed by atoms with van der Waals surface area (Å²) < 4.78 is 0. The van der Waals surface area contributed by atoms with Gasteiger partial charge in [0.2, 0.25) is 5.91 Å². The number of nitrogens with zero attached hydrogens (tertiary/aromatic N) is 1. The number of thioether (sulfide) groups is 1. The summed E-state index contributed by atoms with van der Waals surface area (Å²) in [6, 6.07) is 16.0. The summed E-state index contributed by atoms with van der Waals surface area (Å²) in [7, 11) is 0. The Balaban J connectivity index is 1.58. The van der Waals surface area contributed by atoms with Crippen molar-refractivity contribution in [3.05, 3.63) is 65.7 Å². The molecule has 0 spiro atoms. The van der Waals surface area contributed by atoms with Crippen molar-refractivity contribution >= 4 is 29.5 Å². The van der Waals surface area contributed by atoms with Crippen LogP contribution in [0.4, 0.5) is 0 Å². The molecule has 0 aromatic heterocycles. The second-order valence-corrected chi connectivity index (χ2v) is 8.19. The number of benzene rings is 2. The molecule has 0 saturated heterocycles. The summed E-state index contributed by atoms with van der Waals surface area (Å²) in [5, 5.41) is 2.90. The number of nitrogens with one attached hydrogen (secondary N) is 1. The van der Waals surface area contributed by atoms with E-state index < -0.39 is 17.9 Å². The molecule has 0 saturated carbocycles. The predicted octanol–water partition coefficient (Wildman–Crippen LogP) is 3.61. The highest BCUT2D eigenvalue weighted by Crippen LogP contribution is 2.27. The van der Waals surface area contributed by atoms with E-state index in [1.54, 1.807) is 36.0 Å². The number of hydrogen-bond acceptors (Lipinski definition) is 4. The van der Waals surface area contributed by atoms with Crippen LogP contribution in [0.5, 0.6) is 0 Å². The van der Waals surface area contributed by atoms with E-state index in [4.69, 9.17) is 0 Å². The monoisotopic (exact) mass is 396 g/mol. The van der Waals surface area contributed by atoms with Gasteiger partial charge < -0.3 is 5.32 Å².